The molecule has 0 bridgehead atoms. The van der Waals surface area contributed by atoms with Gasteiger partial charge in [0.2, 0.25) is 0 Å². The quantitative estimate of drug-likeness (QED) is 0.196. The van der Waals surface area contributed by atoms with Crippen LogP contribution in [0, 0.1) is 0 Å². The monoisotopic (exact) mass is 593 g/mol. The van der Waals surface area contributed by atoms with Crippen LogP contribution in [0.25, 0.3) is 53.2 Å². The molecule has 0 unspecified atom stereocenters. The molecule has 1 nitrogen and oxygen atoms in total. The summed E-state index contributed by atoms with van der Waals surface area (Å²) in [5, 5.41) is 5.21. The molecule has 45 heavy (non-hydrogen) atoms. The van der Waals surface area contributed by atoms with Gasteiger partial charge < -0.3 is 4.90 Å². The summed E-state index contributed by atoms with van der Waals surface area (Å²) >= 11 is 1.86. The molecule has 0 N–H and O–H groups in total. The molecular formula is C43H31NS. The van der Waals surface area contributed by atoms with Crippen LogP contribution in [0.1, 0.15) is 25.0 Å². The molecule has 7 aromatic carbocycles. The van der Waals surface area contributed by atoms with Crippen molar-refractivity contribution in [1.29, 1.82) is 0 Å². The summed E-state index contributed by atoms with van der Waals surface area (Å²) < 4.78 is 2.64. The molecular weight excluding hydrogens is 563 g/mol. The minimum Gasteiger partial charge on any atom is -0.310 e. The summed E-state index contributed by atoms with van der Waals surface area (Å²) in [5.74, 6) is 0. The highest BCUT2D eigenvalue weighted by molar-refractivity contribution is 7.25. The summed E-state index contributed by atoms with van der Waals surface area (Å²) in [6.45, 7) is 4.75. The first-order chi connectivity index (χ1) is 22.1. The minimum absolute atomic E-state index is 0.0826. The van der Waals surface area contributed by atoms with Crippen molar-refractivity contribution < 1.29 is 0 Å². The van der Waals surface area contributed by atoms with Crippen LogP contribution in [0.4, 0.5) is 17.1 Å². The average Bonchev–Trinajstić information content (AvgIpc) is 3.57. The molecule has 0 radical (unpaired) electrons. The Morgan fingerprint density at radius 3 is 1.93 bits per heavy atom. The van der Waals surface area contributed by atoms with Gasteiger partial charge in [-0.05, 0) is 92.7 Å². The Bertz CT molecular complexity index is 2400. The van der Waals surface area contributed by atoms with Gasteiger partial charge in [-0.2, -0.15) is 0 Å². The van der Waals surface area contributed by atoms with E-state index in [1.165, 1.54) is 64.3 Å². The highest BCUT2D eigenvalue weighted by Gasteiger charge is 2.36. The van der Waals surface area contributed by atoms with Crippen molar-refractivity contribution in [1.82, 2.24) is 0 Å². The molecule has 1 aliphatic carbocycles. The third kappa shape index (κ3) is 4.06. The third-order valence-electron chi connectivity index (χ3n) is 9.63. The molecule has 9 rings (SSSR count). The molecule has 0 amide bonds. The standard InChI is InChI=1S/C43H31NS/c1-43(2)39-14-8-6-12-34(39)36-24-19-30-18-22-32(26-37(30)42(36)43)44(31-20-16-29(17-21-31)28-10-4-3-5-11-28)33-23-25-41-38(27-33)35-13-7-9-15-40(35)45-41/h3-27H,1-2H3. The predicted octanol–water partition coefficient (Wildman–Crippen LogP) is 12.7. The van der Waals surface area contributed by atoms with Gasteiger partial charge in [0.25, 0.3) is 0 Å². The van der Waals surface area contributed by atoms with E-state index in [2.05, 4.69) is 170 Å². The molecule has 0 spiro atoms. The second kappa shape index (κ2) is 9.92. The molecule has 2 heteroatoms. The molecule has 8 aromatic rings. The van der Waals surface area contributed by atoms with Crippen LogP contribution in [0.2, 0.25) is 0 Å². The maximum Gasteiger partial charge on any atom is 0.0468 e. The number of anilines is 3. The number of rotatable bonds is 4. The van der Waals surface area contributed by atoms with Crippen LogP contribution in [0.3, 0.4) is 0 Å². The lowest BCUT2D eigenvalue weighted by atomic mass is 9.80. The van der Waals surface area contributed by atoms with Crippen molar-refractivity contribution in [2.45, 2.75) is 19.3 Å². The van der Waals surface area contributed by atoms with Crippen molar-refractivity contribution in [3.8, 4) is 22.3 Å². The molecule has 1 aromatic heterocycles. The summed E-state index contributed by atoms with van der Waals surface area (Å²) in [7, 11) is 0. The van der Waals surface area contributed by atoms with E-state index in [4.69, 9.17) is 0 Å². The number of nitrogens with zero attached hydrogens (tertiary/aromatic N) is 1. The fourth-order valence-corrected chi connectivity index (χ4v) is 8.56. The van der Waals surface area contributed by atoms with Crippen LogP contribution in [0.5, 0.6) is 0 Å². The molecule has 0 atom stereocenters. The van der Waals surface area contributed by atoms with E-state index >= 15 is 0 Å². The van der Waals surface area contributed by atoms with Crippen LogP contribution in [0.15, 0.2) is 152 Å². The van der Waals surface area contributed by atoms with Gasteiger partial charge >= 0.3 is 0 Å². The van der Waals surface area contributed by atoms with Gasteiger partial charge in [0.15, 0.2) is 0 Å². The number of benzene rings is 7. The highest BCUT2D eigenvalue weighted by Crippen LogP contribution is 2.52. The lowest BCUT2D eigenvalue weighted by molar-refractivity contribution is 0.666. The molecule has 0 aliphatic heterocycles. The first-order valence-corrected chi connectivity index (χ1v) is 16.4. The molecule has 0 saturated heterocycles. The Kier molecular flexibility index (Phi) is 5.78. The van der Waals surface area contributed by atoms with Crippen LogP contribution in [-0.4, -0.2) is 0 Å². The van der Waals surface area contributed by atoms with Crippen molar-refractivity contribution in [3.63, 3.8) is 0 Å². The second-order valence-corrected chi connectivity index (χ2v) is 13.7. The van der Waals surface area contributed by atoms with E-state index in [9.17, 15) is 0 Å². The van der Waals surface area contributed by atoms with Crippen molar-refractivity contribution in [2.75, 3.05) is 4.90 Å². The van der Waals surface area contributed by atoms with Crippen molar-refractivity contribution in [2.24, 2.45) is 0 Å². The largest absolute Gasteiger partial charge is 0.310 e. The van der Waals surface area contributed by atoms with E-state index in [-0.39, 0.29) is 5.41 Å². The van der Waals surface area contributed by atoms with E-state index in [0.29, 0.717) is 0 Å². The Morgan fingerprint density at radius 1 is 0.467 bits per heavy atom. The zero-order valence-electron chi connectivity index (χ0n) is 25.3. The van der Waals surface area contributed by atoms with Gasteiger partial charge in [0.05, 0.1) is 0 Å². The van der Waals surface area contributed by atoms with Crippen molar-refractivity contribution >= 4 is 59.3 Å². The maximum atomic E-state index is 2.43. The lowest BCUT2D eigenvalue weighted by Crippen LogP contribution is -2.16. The number of thiophene rings is 1. The zero-order valence-corrected chi connectivity index (χ0v) is 26.1. The van der Waals surface area contributed by atoms with Crippen LogP contribution < -0.4 is 4.90 Å². The maximum absolute atomic E-state index is 2.43. The number of fused-ring (bicyclic) bond motifs is 8. The zero-order chi connectivity index (χ0) is 30.1. The normalized spacial score (nSPS) is 13.3. The number of hydrogen-bond acceptors (Lipinski definition) is 2. The highest BCUT2D eigenvalue weighted by atomic mass is 32.1. The Balaban J connectivity index is 1.26. The fraction of sp³-hybridized carbons (Fsp3) is 0.0698. The van der Waals surface area contributed by atoms with E-state index < -0.39 is 0 Å². The first-order valence-electron chi connectivity index (χ1n) is 15.6. The Morgan fingerprint density at radius 2 is 1.09 bits per heavy atom. The fourth-order valence-electron chi connectivity index (χ4n) is 7.48. The topological polar surface area (TPSA) is 3.24 Å². The van der Waals surface area contributed by atoms with Gasteiger partial charge in [-0.15, -0.1) is 11.3 Å². The van der Waals surface area contributed by atoms with Gasteiger partial charge in [-0.25, -0.2) is 0 Å². The third-order valence-corrected chi connectivity index (χ3v) is 10.8. The summed E-state index contributed by atoms with van der Waals surface area (Å²) in [6.07, 6.45) is 0. The SMILES string of the molecule is CC1(C)c2ccccc2-c2ccc3ccc(N(c4ccc(-c5ccccc5)cc4)c4ccc5sc6ccccc6c5c4)cc3c21. The van der Waals surface area contributed by atoms with Gasteiger partial charge in [0, 0.05) is 42.6 Å². The second-order valence-electron chi connectivity index (χ2n) is 12.6. The van der Waals surface area contributed by atoms with Crippen LogP contribution >= 0.6 is 11.3 Å². The molecule has 214 valence electrons. The summed E-state index contributed by atoms with van der Waals surface area (Å²) in [5.41, 5.74) is 11.4. The smallest absolute Gasteiger partial charge is 0.0468 e. The Labute approximate surface area is 267 Å². The summed E-state index contributed by atoms with van der Waals surface area (Å²) in [4.78, 5) is 2.43. The van der Waals surface area contributed by atoms with E-state index in [0.717, 1.165) is 17.1 Å². The first kappa shape index (κ1) is 26.2. The van der Waals surface area contributed by atoms with Crippen LogP contribution in [-0.2, 0) is 5.41 Å². The molecule has 0 fully saturated rings. The number of hydrogen-bond donors (Lipinski definition) is 0. The van der Waals surface area contributed by atoms with E-state index in [1.807, 2.05) is 11.3 Å². The molecule has 0 saturated carbocycles. The molecule has 1 aliphatic rings. The Hall–Kier alpha value is -5.18. The lowest BCUT2D eigenvalue weighted by Gasteiger charge is -2.28. The van der Waals surface area contributed by atoms with E-state index in [1.54, 1.807) is 0 Å². The molecule has 1 heterocycles. The summed E-state index contributed by atoms with van der Waals surface area (Å²) in [6, 6.07) is 55.8. The van der Waals surface area contributed by atoms with Crippen molar-refractivity contribution in [3.05, 3.63) is 163 Å². The minimum atomic E-state index is -0.0826. The van der Waals surface area contributed by atoms with Gasteiger partial charge in [0.1, 0.15) is 0 Å². The van der Waals surface area contributed by atoms with Gasteiger partial charge in [-0.3, -0.25) is 0 Å². The average molecular weight is 594 g/mol. The van der Waals surface area contributed by atoms with Gasteiger partial charge in [-0.1, -0.05) is 117 Å². The predicted molar refractivity (Wildman–Crippen MR) is 195 cm³/mol.